The van der Waals surface area contributed by atoms with Gasteiger partial charge < -0.3 is 10.6 Å². The SMILES string of the molecule is CCCN(C(=O)c1ccc(Br)cc1Cl)c1ccccc1N. The van der Waals surface area contributed by atoms with E-state index in [0.717, 1.165) is 10.9 Å². The van der Waals surface area contributed by atoms with Crippen LogP contribution in [-0.4, -0.2) is 12.5 Å². The first-order valence-corrected chi connectivity index (χ1v) is 7.83. The number of carbonyl (C=O) groups excluding carboxylic acids is 1. The Morgan fingerprint density at radius 3 is 2.62 bits per heavy atom. The summed E-state index contributed by atoms with van der Waals surface area (Å²) in [6, 6.07) is 12.6. The fourth-order valence-corrected chi connectivity index (χ4v) is 2.85. The van der Waals surface area contributed by atoms with E-state index in [-0.39, 0.29) is 5.91 Å². The van der Waals surface area contributed by atoms with E-state index in [2.05, 4.69) is 15.9 Å². The summed E-state index contributed by atoms with van der Waals surface area (Å²) in [4.78, 5) is 14.5. The van der Waals surface area contributed by atoms with Crippen molar-refractivity contribution in [2.75, 3.05) is 17.2 Å². The van der Waals surface area contributed by atoms with E-state index in [9.17, 15) is 4.79 Å². The summed E-state index contributed by atoms with van der Waals surface area (Å²) < 4.78 is 0.838. The van der Waals surface area contributed by atoms with E-state index in [1.165, 1.54) is 0 Å². The van der Waals surface area contributed by atoms with Gasteiger partial charge in [-0.25, -0.2) is 0 Å². The van der Waals surface area contributed by atoms with E-state index < -0.39 is 0 Å². The summed E-state index contributed by atoms with van der Waals surface area (Å²) in [7, 11) is 0. The van der Waals surface area contributed by atoms with Crippen LogP contribution in [0.1, 0.15) is 23.7 Å². The maximum atomic E-state index is 12.8. The molecule has 0 fully saturated rings. The van der Waals surface area contributed by atoms with Crippen LogP contribution >= 0.6 is 27.5 Å². The molecule has 2 N–H and O–H groups in total. The number of halogens is 2. The number of nitrogens with zero attached hydrogens (tertiary/aromatic N) is 1. The van der Waals surface area contributed by atoms with Crippen molar-refractivity contribution in [1.82, 2.24) is 0 Å². The van der Waals surface area contributed by atoms with Gasteiger partial charge in [0.2, 0.25) is 0 Å². The number of nitrogen functional groups attached to an aromatic ring is 1. The summed E-state index contributed by atoms with van der Waals surface area (Å²) >= 11 is 9.53. The lowest BCUT2D eigenvalue weighted by Crippen LogP contribution is -2.32. The molecule has 0 aromatic heterocycles. The minimum atomic E-state index is -0.146. The molecule has 2 aromatic carbocycles. The van der Waals surface area contributed by atoms with Crippen LogP contribution in [0.25, 0.3) is 0 Å². The van der Waals surface area contributed by atoms with Crippen molar-refractivity contribution in [2.24, 2.45) is 0 Å². The number of benzene rings is 2. The van der Waals surface area contributed by atoms with Crippen molar-refractivity contribution in [3.8, 4) is 0 Å². The van der Waals surface area contributed by atoms with Crippen molar-refractivity contribution < 1.29 is 4.79 Å². The van der Waals surface area contributed by atoms with Gasteiger partial charge in [-0.2, -0.15) is 0 Å². The predicted molar refractivity (Wildman–Crippen MR) is 92.0 cm³/mol. The fraction of sp³-hybridized carbons (Fsp3) is 0.188. The second-order valence-corrected chi connectivity index (χ2v) is 5.96. The lowest BCUT2D eigenvalue weighted by atomic mass is 10.1. The van der Waals surface area contributed by atoms with Crippen molar-refractivity contribution in [3.63, 3.8) is 0 Å². The van der Waals surface area contributed by atoms with Gasteiger partial charge in [-0.05, 0) is 36.8 Å². The van der Waals surface area contributed by atoms with E-state index >= 15 is 0 Å². The number of anilines is 2. The first-order chi connectivity index (χ1) is 10.0. The Hall–Kier alpha value is -1.52. The van der Waals surface area contributed by atoms with Crippen molar-refractivity contribution in [2.45, 2.75) is 13.3 Å². The van der Waals surface area contributed by atoms with Crippen molar-refractivity contribution in [1.29, 1.82) is 0 Å². The van der Waals surface area contributed by atoms with Gasteiger partial charge in [0.1, 0.15) is 0 Å². The summed E-state index contributed by atoms with van der Waals surface area (Å²) in [6.45, 7) is 2.60. The lowest BCUT2D eigenvalue weighted by molar-refractivity contribution is 0.0987. The number of para-hydroxylation sites is 2. The van der Waals surface area contributed by atoms with Gasteiger partial charge in [0.05, 0.1) is 22.0 Å². The highest BCUT2D eigenvalue weighted by Gasteiger charge is 2.21. The highest BCUT2D eigenvalue weighted by molar-refractivity contribution is 9.10. The molecule has 0 saturated heterocycles. The zero-order chi connectivity index (χ0) is 15.4. The molecule has 2 aromatic rings. The Kier molecular flexibility index (Phi) is 5.26. The highest BCUT2D eigenvalue weighted by atomic mass is 79.9. The maximum absolute atomic E-state index is 12.8. The molecular weight excluding hydrogens is 352 g/mol. The normalized spacial score (nSPS) is 10.4. The van der Waals surface area contributed by atoms with Crippen LogP contribution in [0.5, 0.6) is 0 Å². The third kappa shape index (κ3) is 3.57. The molecule has 0 aliphatic carbocycles. The van der Waals surface area contributed by atoms with Crippen LogP contribution < -0.4 is 10.6 Å². The van der Waals surface area contributed by atoms with E-state index in [4.69, 9.17) is 17.3 Å². The van der Waals surface area contributed by atoms with Gasteiger partial charge in [-0.3, -0.25) is 4.79 Å². The van der Waals surface area contributed by atoms with Crippen LogP contribution in [0.3, 0.4) is 0 Å². The second kappa shape index (κ2) is 6.96. The summed E-state index contributed by atoms with van der Waals surface area (Å²) in [5.74, 6) is -0.146. The Morgan fingerprint density at radius 2 is 2.00 bits per heavy atom. The average Bonchev–Trinajstić information content (AvgIpc) is 2.45. The minimum Gasteiger partial charge on any atom is -0.397 e. The zero-order valence-corrected chi connectivity index (χ0v) is 14.0. The molecule has 1 amide bonds. The van der Waals surface area contributed by atoms with Crippen LogP contribution in [0.15, 0.2) is 46.9 Å². The minimum absolute atomic E-state index is 0.146. The highest BCUT2D eigenvalue weighted by Crippen LogP contribution is 2.28. The summed E-state index contributed by atoms with van der Waals surface area (Å²) in [5.41, 5.74) is 7.75. The third-order valence-corrected chi connectivity index (χ3v) is 3.89. The van der Waals surface area contributed by atoms with E-state index in [1.54, 1.807) is 29.2 Å². The van der Waals surface area contributed by atoms with Gasteiger partial charge in [-0.15, -0.1) is 0 Å². The first kappa shape index (κ1) is 15.9. The third-order valence-electron chi connectivity index (χ3n) is 3.08. The van der Waals surface area contributed by atoms with Crippen LogP contribution in [0, 0.1) is 0 Å². The van der Waals surface area contributed by atoms with Gasteiger partial charge in [0.25, 0.3) is 5.91 Å². The van der Waals surface area contributed by atoms with Gasteiger partial charge in [-0.1, -0.05) is 46.6 Å². The number of hydrogen-bond donors (Lipinski definition) is 1. The smallest absolute Gasteiger partial charge is 0.259 e. The molecule has 0 unspecified atom stereocenters. The monoisotopic (exact) mass is 366 g/mol. The molecule has 0 aliphatic rings. The second-order valence-electron chi connectivity index (χ2n) is 4.64. The molecule has 0 saturated carbocycles. The van der Waals surface area contributed by atoms with E-state index in [0.29, 0.717) is 28.5 Å². The number of nitrogens with two attached hydrogens (primary N) is 1. The Balaban J connectivity index is 2.43. The van der Waals surface area contributed by atoms with Crippen molar-refractivity contribution >= 4 is 44.8 Å². The van der Waals surface area contributed by atoms with E-state index in [1.807, 2.05) is 25.1 Å². The molecule has 110 valence electrons. The fourth-order valence-electron chi connectivity index (χ4n) is 2.10. The molecule has 3 nitrogen and oxygen atoms in total. The Labute approximate surface area is 137 Å². The van der Waals surface area contributed by atoms with Crippen LogP contribution in [0.4, 0.5) is 11.4 Å². The topological polar surface area (TPSA) is 46.3 Å². The maximum Gasteiger partial charge on any atom is 0.259 e. The molecule has 5 heteroatoms. The number of rotatable bonds is 4. The molecule has 0 radical (unpaired) electrons. The molecule has 0 bridgehead atoms. The molecule has 0 spiro atoms. The standard InChI is InChI=1S/C16H16BrClN2O/c1-2-9-20(15-6-4-3-5-14(15)19)16(21)12-8-7-11(17)10-13(12)18/h3-8,10H,2,9,19H2,1H3. The summed E-state index contributed by atoms with van der Waals surface area (Å²) in [5, 5.41) is 0.421. The van der Waals surface area contributed by atoms with Gasteiger partial charge in [0, 0.05) is 11.0 Å². The first-order valence-electron chi connectivity index (χ1n) is 6.66. The molecule has 2 rings (SSSR count). The number of carbonyl (C=O) groups is 1. The zero-order valence-electron chi connectivity index (χ0n) is 11.6. The Morgan fingerprint density at radius 1 is 1.29 bits per heavy atom. The quantitative estimate of drug-likeness (QED) is 0.793. The Bertz CT molecular complexity index is 660. The predicted octanol–water partition coefficient (Wildman–Crippen LogP) is 4.74. The van der Waals surface area contributed by atoms with Crippen LogP contribution in [0.2, 0.25) is 5.02 Å². The molecule has 0 heterocycles. The van der Waals surface area contributed by atoms with Gasteiger partial charge >= 0.3 is 0 Å². The number of hydrogen-bond acceptors (Lipinski definition) is 2. The average molecular weight is 368 g/mol. The van der Waals surface area contributed by atoms with Crippen molar-refractivity contribution in [3.05, 3.63) is 57.5 Å². The molecule has 0 aliphatic heterocycles. The lowest BCUT2D eigenvalue weighted by Gasteiger charge is -2.24. The molecule has 0 atom stereocenters. The molecular formula is C16H16BrClN2O. The largest absolute Gasteiger partial charge is 0.397 e. The summed E-state index contributed by atoms with van der Waals surface area (Å²) in [6.07, 6.45) is 0.828. The molecule has 21 heavy (non-hydrogen) atoms. The van der Waals surface area contributed by atoms with Gasteiger partial charge in [0.15, 0.2) is 0 Å². The number of amides is 1. The van der Waals surface area contributed by atoms with Crippen LogP contribution in [-0.2, 0) is 0 Å².